The number of carbonyl (C=O) groups is 1. The topological polar surface area (TPSA) is 56.8 Å². The van der Waals surface area contributed by atoms with Gasteiger partial charge >= 0.3 is 6.09 Å². The molecule has 2 rings (SSSR count). The lowest BCUT2D eigenvalue weighted by molar-refractivity contribution is 0.0503. The lowest BCUT2D eigenvalue weighted by Crippen LogP contribution is -2.34. The molecule has 5 heteroatoms. The molecule has 0 spiro atoms. The number of nitrogens with one attached hydrogen (secondary N) is 1. The monoisotopic (exact) mass is 307 g/mol. The molecule has 1 atom stereocenters. The van der Waals surface area contributed by atoms with Gasteiger partial charge in [-0.15, -0.1) is 0 Å². The van der Waals surface area contributed by atoms with E-state index in [-0.39, 0.29) is 12.1 Å². The third kappa shape index (κ3) is 4.63. The average molecular weight is 307 g/mol. The highest BCUT2D eigenvalue weighted by Crippen LogP contribution is 2.33. The van der Waals surface area contributed by atoms with E-state index in [2.05, 4.69) is 5.32 Å². The van der Waals surface area contributed by atoms with E-state index in [1.165, 1.54) is 5.56 Å². The van der Waals surface area contributed by atoms with Crippen LogP contribution in [0.4, 0.5) is 4.79 Å². The molecule has 22 heavy (non-hydrogen) atoms. The standard InChI is InChI=1S/C17H25NO4/c1-17(2,3)22-16(19)18-15-8-5-12-11-13(6-7-14(12)15)21-10-9-20-4/h6-7,11,15H,5,8-10H2,1-4H3,(H,18,19). The molecule has 1 unspecified atom stereocenters. The smallest absolute Gasteiger partial charge is 0.408 e. The highest BCUT2D eigenvalue weighted by atomic mass is 16.6. The number of ether oxygens (including phenoxy) is 3. The number of methoxy groups -OCH3 is 1. The van der Waals surface area contributed by atoms with Crippen LogP contribution in [-0.2, 0) is 15.9 Å². The van der Waals surface area contributed by atoms with Crippen molar-refractivity contribution in [3.8, 4) is 5.75 Å². The Morgan fingerprint density at radius 3 is 2.77 bits per heavy atom. The molecule has 1 aromatic rings. The first-order valence-corrected chi connectivity index (χ1v) is 7.63. The van der Waals surface area contributed by atoms with Crippen LogP contribution in [0.2, 0.25) is 0 Å². The Hall–Kier alpha value is -1.75. The number of fused-ring (bicyclic) bond motifs is 1. The van der Waals surface area contributed by atoms with Crippen LogP contribution in [0.15, 0.2) is 18.2 Å². The quantitative estimate of drug-likeness (QED) is 0.849. The van der Waals surface area contributed by atoms with Crippen LogP contribution in [0.1, 0.15) is 44.4 Å². The largest absolute Gasteiger partial charge is 0.491 e. The number of rotatable bonds is 5. The van der Waals surface area contributed by atoms with Crippen molar-refractivity contribution in [2.75, 3.05) is 20.3 Å². The van der Waals surface area contributed by atoms with E-state index in [1.807, 2.05) is 39.0 Å². The average Bonchev–Trinajstić information content (AvgIpc) is 2.79. The summed E-state index contributed by atoms with van der Waals surface area (Å²) in [6.45, 7) is 6.69. The molecule has 1 aliphatic rings. The second kappa shape index (κ2) is 7.01. The van der Waals surface area contributed by atoms with Crippen molar-refractivity contribution >= 4 is 6.09 Å². The maximum absolute atomic E-state index is 11.9. The minimum absolute atomic E-state index is 0.0119. The normalized spacial score (nSPS) is 17.0. The molecule has 122 valence electrons. The second-order valence-electron chi connectivity index (χ2n) is 6.44. The summed E-state index contributed by atoms with van der Waals surface area (Å²) in [4.78, 5) is 11.9. The lowest BCUT2D eigenvalue weighted by Gasteiger charge is -2.22. The summed E-state index contributed by atoms with van der Waals surface area (Å²) in [5, 5.41) is 2.94. The van der Waals surface area contributed by atoms with E-state index in [9.17, 15) is 4.79 Å². The summed E-state index contributed by atoms with van der Waals surface area (Å²) in [6, 6.07) is 6.01. The Kier molecular flexibility index (Phi) is 5.29. The van der Waals surface area contributed by atoms with E-state index in [0.717, 1.165) is 24.2 Å². The van der Waals surface area contributed by atoms with Gasteiger partial charge in [-0.05, 0) is 56.9 Å². The van der Waals surface area contributed by atoms with Crippen LogP contribution in [0.25, 0.3) is 0 Å². The van der Waals surface area contributed by atoms with Gasteiger partial charge < -0.3 is 19.5 Å². The molecule has 1 amide bonds. The first kappa shape index (κ1) is 16.6. The van der Waals surface area contributed by atoms with E-state index < -0.39 is 5.60 Å². The van der Waals surface area contributed by atoms with Crippen molar-refractivity contribution in [1.29, 1.82) is 0 Å². The van der Waals surface area contributed by atoms with E-state index >= 15 is 0 Å². The van der Waals surface area contributed by atoms with E-state index in [4.69, 9.17) is 14.2 Å². The van der Waals surface area contributed by atoms with Crippen LogP contribution in [-0.4, -0.2) is 32.0 Å². The zero-order valence-corrected chi connectivity index (χ0v) is 13.8. The molecule has 0 saturated carbocycles. The fourth-order valence-electron chi connectivity index (χ4n) is 2.53. The summed E-state index contributed by atoms with van der Waals surface area (Å²) < 4.78 is 15.9. The van der Waals surface area contributed by atoms with Crippen molar-refractivity contribution < 1.29 is 19.0 Å². The maximum Gasteiger partial charge on any atom is 0.408 e. The van der Waals surface area contributed by atoms with Crippen molar-refractivity contribution in [2.24, 2.45) is 0 Å². The Bertz CT molecular complexity index is 522. The van der Waals surface area contributed by atoms with Crippen molar-refractivity contribution in [3.05, 3.63) is 29.3 Å². The highest BCUT2D eigenvalue weighted by Gasteiger charge is 2.26. The van der Waals surface area contributed by atoms with Gasteiger partial charge in [0.05, 0.1) is 12.6 Å². The van der Waals surface area contributed by atoms with Crippen LogP contribution < -0.4 is 10.1 Å². The summed E-state index contributed by atoms with van der Waals surface area (Å²) >= 11 is 0. The van der Waals surface area contributed by atoms with Gasteiger partial charge in [0, 0.05) is 7.11 Å². The highest BCUT2D eigenvalue weighted by molar-refractivity contribution is 5.68. The summed E-state index contributed by atoms with van der Waals surface area (Å²) in [5.74, 6) is 0.841. The molecule has 0 heterocycles. The Balaban J connectivity index is 1.96. The number of alkyl carbamates (subject to hydrolysis) is 1. The Labute approximate surface area is 131 Å². The van der Waals surface area contributed by atoms with Gasteiger partial charge in [-0.2, -0.15) is 0 Å². The predicted octanol–water partition coefficient (Wildman–Crippen LogP) is 3.22. The van der Waals surface area contributed by atoms with Crippen LogP contribution in [0.5, 0.6) is 5.75 Å². The summed E-state index contributed by atoms with van der Waals surface area (Å²) in [7, 11) is 1.65. The molecule has 0 saturated heterocycles. The van der Waals surface area contributed by atoms with Crippen molar-refractivity contribution in [3.63, 3.8) is 0 Å². The molecule has 1 aliphatic carbocycles. The molecule has 0 radical (unpaired) electrons. The molecule has 1 aromatic carbocycles. The van der Waals surface area contributed by atoms with Gasteiger partial charge in [0.1, 0.15) is 18.0 Å². The molecule has 0 aliphatic heterocycles. The SMILES string of the molecule is COCCOc1ccc2c(c1)CCC2NC(=O)OC(C)(C)C. The van der Waals surface area contributed by atoms with E-state index in [0.29, 0.717) is 13.2 Å². The molecule has 1 N–H and O–H groups in total. The first-order chi connectivity index (χ1) is 10.4. The number of aryl methyl sites for hydroxylation is 1. The third-order valence-electron chi connectivity index (χ3n) is 3.44. The number of hydrogen-bond donors (Lipinski definition) is 1. The molecular weight excluding hydrogens is 282 g/mol. The third-order valence-corrected chi connectivity index (χ3v) is 3.44. The van der Waals surface area contributed by atoms with Gasteiger partial charge in [-0.25, -0.2) is 4.79 Å². The zero-order valence-electron chi connectivity index (χ0n) is 13.8. The van der Waals surface area contributed by atoms with Crippen molar-refractivity contribution in [1.82, 2.24) is 5.32 Å². The van der Waals surface area contributed by atoms with Gasteiger partial charge in [-0.3, -0.25) is 0 Å². The van der Waals surface area contributed by atoms with Crippen LogP contribution in [0.3, 0.4) is 0 Å². The molecule has 0 fully saturated rings. The van der Waals surface area contributed by atoms with E-state index in [1.54, 1.807) is 7.11 Å². The Morgan fingerprint density at radius 2 is 2.09 bits per heavy atom. The molecule has 0 bridgehead atoms. The molecular formula is C17H25NO4. The number of benzene rings is 1. The number of amides is 1. The van der Waals surface area contributed by atoms with Gasteiger partial charge in [-0.1, -0.05) is 6.07 Å². The molecule has 0 aromatic heterocycles. The summed E-state index contributed by atoms with van der Waals surface area (Å²) in [6.07, 6.45) is 1.44. The number of hydrogen-bond acceptors (Lipinski definition) is 4. The maximum atomic E-state index is 11.9. The van der Waals surface area contributed by atoms with Gasteiger partial charge in [0.15, 0.2) is 0 Å². The summed E-state index contributed by atoms with van der Waals surface area (Å²) in [5.41, 5.74) is 1.88. The first-order valence-electron chi connectivity index (χ1n) is 7.63. The lowest BCUT2D eigenvalue weighted by atomic mass is 10.1. The molecule has 5 nitrogen and oxygen atoms in total. The zero-order chi connectivity index (χ0) is 16.2. The van der Waals surface area contributed by atoms with Gasteiger partial charge in [0.2, 0.25) is 0 Å². The second-order valence-corrected chi connectivity index (χ2v) is 6.44. The van der Waals surface area contributed by atoms with Gasteiger partial charge in [0.25, 0.3) is 0 Å². The minimum Gasteiger partial charge on any atom is -0.491 e. The van der Waals surface area contributed by atoms with Crippen molar-refractivity contribution in [2.45, 2.75) is 45.3 Å². The Morgan fingerprint density at radius 1 is 1.32 bits per heavy atom. The van der Waals surface area contributed by atoms with Crippen LogP contribution in [0, 0.1) is 0 Å². The fourth-order valence-corrected chi connectivity index (χ4v) is 2.53. The fraction of sp³-hybridized carbons (Fsp3) is 0.588. The minimum atomic E-state index is -0.482. The number of carbonyl (C=O) groups excluding carboxylic acids is 1. The predicted molar refractivity (Wildman–Crippen MR) is 84.2 cm³/mol. The van der Waals surface area contributed by atoms with Crippen LogP contribution >= 0.6 is 0 Å².